The summed E-state index contributed by atoms with van der Waals surface area (Å²) in [6.45, 7) is 2.21. The molecule has 2 rings (SSSR count). The minimum atomic E-state index is -0.947. The van der Waals surface area contributed by atoms with Gasteiger partial charge in [0.05, 0.1) is 0 Å². The van der Waals surface area contributed by atoms with Crippen molar-refractivity contribution in [2.24, 2.45) is 0 Å². The van der Waals surface area contributed by atoms with Crippen LogP contribution in [-0.2, 0) is 20.9 Å². The molecule has 3 amide bonds. The van der Waals surface area contributed by atoms with E-state index in [1.807, 2.05) is 5.32 Å². The molecule has 0 bridgehead atoms. The molecule has 2 aromatic rings. The SMILES string of the molecule is C=CCNC(=O)NC(=O)COC(=O)Cn1nc(-c2ccc(F)cc2)oc1=O. The van der Waals surface area contributed by atoms with Gasteiger partial charge in [0.1, 0.15) is 12.4 Å². The third-order valence-electron chi connectivity index (χ3n) is 3.00. The maximum Gasteiger partial charge on any atom is 0.437 e. The zero-order chi connectivity index (χ0) is 19.8. The highest BCUT2D eigenvalue weighted by atomic mass is 19.1. The lowest BCUT2D eigenvalue weighted by atomic mass is 10.2. The largest absolute Gasteiger partial charge is 0.454 e. The number of hydrogen-bond donors (Lipinski definition) is 2. The summed E-state index contributed by atoms with van der Waals surface area (Å²) in [6, 6.07) is 4.25. The Bertz CT molecular complexity index is 902. The van der Waals surface area contributed by atoms with Crippen LogP contribution in [0.2, 0.25) is 0 Å². The van der Waals surface area contributed by atoms with E-state index in [2.05, 4.69) is 21.7 Å². The van der Waals surface area contributed by atoms with Gasteiger partial charge in [0.25, 0.3) is 5.91 Å². The van der Waals surface area contributed by atoms with E-state index in [0.29, 0.717) is 10.2 Å². The summed E-state index contributed by atoms with van der Waals surface area (Å²) in [5, 5.41) is 8.03. The standard InChI is InChI=1S/C16H15FN4O6/c1-2-7-18-15(24)19-12(22)9-26-13(23)8-21-16(25)27-14(20-21)10-3-5-11(17)6-4-10/h2-6H,1,7-9H2,(H2,18,19,22,24). The van der Waals surface area contributed by atoms with Crippen LogP contribution in [0.25, 0.3) is 11.5 Å². The van der Waals surface area contributed by atoms with Crippen LogP contribution in [0.3, 0.4) is 0 Å². The van der Waals surface area contributed by atoms with Crippen molar-refractivity contribution in [3.63, 3.8) is 0 Å². The lowest BCUT2D eigenvalue weighted by molar-refractivity contribution is -0.149. The number of hydrogen-bond acceptors (Lipinski definition) is 7. The Labute approximate surface area is 151 Å². The highest BCUT2D eigenvalue weighted by Gasteiger charge is 2.16. The summed E-state index contributed by atoms with van der Waals surface area (Å²) in [7, 11) is 0. The van der Waals surface area contributed by atoms with Crippen LogP contribution in [0.5, 0.6) is 0 Å². The first-order valence-electron chi connectivity index (χ1n) is 7.57. The van der Waals surface area contributed by atoms with Gasteiger partial charge in [-0.1, -0.05) is 6.08 Å². The number of carbonyl (C=O) groups excluding carboxylic acids is 3. The quantitative estimate of drug-likeness (QED) is 0.519. The molecule has 1 heterocycles. The molecule has 11 heteroatoms. The Hall–Kier alpha value is -3.76. The van der Waals surface area contributed by atoms with Crippen LogP contribution in [0, 0.1) is 5.82 Å². The Morgan fingerprint density at radius 2 is 2.00 bits per heavy atom. The molecule has 10 nitrogen and oxygen atoms in total. The number of amides is 3. The molecule has 0 aliphatic carbocycles. The lowest BCUT2D eigenvalue weighted by Crippen LogP contribution is -2.41. The van der Waals surface area contributed by atoms with Crippen molar-refractivity contribution in [1.29, 1.82) is 0 Å². The number of nitrogens with one attached hydrogen (secondary N) is 2. The predicted molar refractivity (Wildman–Crippen MR) is 88.9 cm³/mol. The molecule has 2 N–H and O–H groups in total. The minimum Gasteiger partial charge on any atom is -0.454 e. The Morgan fingerprint density at radius 3 is 2.67 bits per heavy atom. The molecule has 0 atom stereocenters. The summed E-state index contributed by atoms with van der Waals surface area (Å²) in [5.74, 6) is -3.31. The average molecular weight is 378 g/mol. The second kappa shape index (κ2) is 9.08. The van der Waals surface area contributed by atoms with Gasteiger partial charge >= 0.3 is 17.8 Å². The average Bonchev–Trinajstić information content (AvgIpc) is 2.99. The number of carbonyl (C=O) groups is 3. The van der Waals surface area contributed by atoms with E-state index in [9.17, 15) is 23.6 Å². The van der Waals surface area contributed by atoms with Crippen molar-refractivity contribution < 1.29 is 27.9 Å². The number of rotatable bonds is 7. The van der Waals surface area contributed by atoms with Gasteiger partial charge in [-0.2, -0.15) is 4.68 Å². The molecule has 0 aliphatic rings. The van der Waals surface area contributed by atoms with Gasteiger partial charge in [0.2, 0.25) is 5.89 Å². The zero-order valence-electron chi connectivity index (χ0n) is 13.9. The lowest BCUT2D eigenvalue weighted by Gasteiger charge is -2.05. The molecule has 0 radical (unpaired) electrons. The highest BCUT2D eigenvalue weighted by molar-refractivity contribution is 5.95. The van der Waals surface area contributed by atoms with Crippen molar-refractivity contribution in [2.45, 2.75) is 6.54 Å². The van der Waals surface area contributed by atoms with E-state index in [0.717, 1.165) is 12.1 Å². The summed E-state index contributed by atoms with van der Waals surface area (Å²) >= 11 is 0. The van der Waals surface area contributed by atoms with E-state index in [-0.39, 0.29) is 12.4 Å². The number of nitrogens with zero attached hydrogens (tertiary/aromatic N) is 2. The van der Waals surface area contributed by atoms with Crippen molar-refractivity contribution in [3.05, 3.63) is 53.3 Å². The number of benzene rings is 1. The summed E-state index contributed by atoms with van der Waals surface area (Å²) in [6.07, 6.45) is 1.42. The third kappa shape index (κ3) is 5.92. The summed E-state index contributed by atoms with van der Waals surface area (Å²) < 4.78 is 23.1. The van der Waals surface area contributed by atoms with Crippen LogP contribution < -0.4 is 16.4 Å². The fraction of sp³-hybridized carbons (Fsp3) is 0.188. The predicted octanol–water partition coefficient (Wildman–Crippen LogP) is 0.197. The van der Waals surface area contributed by atoms with Gasteiger partial charge in [-0.05, 0) is 24.3 Å². The van der Waals surface area contributed by atoms with Crippen molar-refractivity contribution in [1.82, 2.24) is 20.4 Å². The van der Waals surface area contributed by atoms with Crippen LogP contribution in [0.4, 0.5) is 9.18 Å². The maximum atomic E-state index is 12.9. The Kier molecular flexibility index (Phi) is 6.58. The summed E-state index contributed by atoms with van der Waals surface area (Å²) in [4.78, 5) is 46.1. The molecule has 0 unspecified atom stereocenters. The summed E-state index contributed by atoms with van der Waals surface area (Å²) in [5.41, 5.74) is 0.338. The van der Waals surface area contributed by atoms with E-state index in [1.54, 1.807) is 0 Å². The molecule has 27 heavy (non-hydrogen) atoms. The van der Waals surface area contributed by atoms with Crippen molar-refractivity contribution in [3.8, 4) is 11.5 Å². The molecular weight excluding hydrogens is 363 g/mol. The van der Waals surface area contributed by atoms with Crippen molar-refractivity contribution >= 4 is 17.9 Å². The van der Waals surface area contributed by atoms with Crippen LogP contribution >= 0.6 is 0 Å². The number of aromatic nitrogens is 2. The third-order valence-corrected chi connectivity index (χ3v) is 3.00. The van der Waals surface area contributed by atoms with Crippen LogP contribution in [0.1, 0.15) is 0 Å². The van der Waals surface area contributed by atoms with E-state index >= 15 is 0 Å². The molecule has 0 fully saturated rings. The first-order chi connectivity index (χ1) is 12.9. The fourth-order valence-corrected chi connectivity index (χ4v) is 1.80. The molecule has 0 saturated heterocycles. The van der Waals surface area contributed by atoms with Gasteiger partial charge in [-0.3, -0.25) is 14.9 Å². The first kappa shape index (κ1) is 19.6. The van der Waals surface area contributed by atoms with Gasteiger partial charge in [-0.25, -0.2) is 14.0 Å². The number of halogens is 1. The Morgan fingerprint density at radius 1 is 1.30 bits per heavy atom. The minimum absolute atomic E-state index is 0.107. The number of esters is 1. The molecule has 1 aromatic carbocycles. The van der Waals surface area contributed by atoms with Gasteiger partial charge in [0.15, 0.2) is 6.61 Å². The van der Waals surface area contributed by atoms with E-state index in [1.165, 1.54) is 18.2 Å². The fourth-order valence-electron chi connectivity index (χ4n) is 1.80. The Balaban J connectivity index is 1.88. The molecular formula is C16H15FN4O6. The first-order valence-corrected chi connectivity index (χ1v) is 7.57. The number of imide groups is 1. The number of urea groups is 1. The highest BCUT2D eigenvalue weighted by Crippen LogP contribution is 2.15. The van der Waals surface area contributed by atoms with E-state index in [4.69, 9.17) is 4.42 Å². The maximum absolute atomic E-state index is 12.9. The van der Waals surface area contributed by atoms with Gasteiger partial charge in [-0.15, -0.1) is 11.7 Å². The second-order valence-corrected chi connectivity index (χ2v) is 5.05. The van der Waals surface area contributed by atoms with Gasteiger partial charge < -0.3 is 14.5 Å². The number of ether oxygens (including phenoxy) is 1. The molecule has 0 saturated carbocycles. The topological polar surface area (TPSA) is 133 Å². The zero-order valence-corrected chi connectivity index (χ0v) is 13.9. The van der Waals surface area contributed by atoms with Gasteiger partial charge in [0, 0.05) is 12.1 Å². The second-order valence-electron chi connectivity index (χ2n) is 5.05. The monoisotopic (exact) mass is 378 g/mol. The molecule has 142 valence electrons. The van der Waals surface area contributed by atoms with Crippen LogP contribution in [-0.4, -0.2) is 40.8 Å². The smallest absolute Gasteiger partial charge is 0.437 e. The molecule has 0 aliphatic heterocycles. The molecule has 0 spiro atoms. The van der Waals surface area contributed by atoms with Crippen LogP contribution in [0.15, 0.2) is 46.1 Å². The van der Waals surface area contributed by atoms with Crippen molar-refractivity contribution in [2.75, 3.05) is 13.2 Å². The molecule has 1 aromatic heterocycles. The van der Waals surface area contributed by atoms with E-state index < -0.39 is 42.6 Å². The normalized spacial score (nSPS) is 10.1.